The van der Waals surface area contributed by atoms with Gasteiger partial charge in [-0.05, 0) is 18.1 Å². The molecule has 154 valence electrons. The van der Waals surface area contributed by atoms with Crippen molar-refractivity contribution in [2.45, 2.75) is 19.5 Å². The lowest BCUT2D eigenvalue weighted by Crippen LogP contribution is -2.38. The second kappa shape index (κ2) is 8.50. The van der Waals surface area contributed by atoms with Crippen molar-refractivity contribution in [2.24, 2.45) is 7.05 Å². The summed E-state index contributed by atoms with van der Waals surface area (Å²) in [6.45, 7) is 1.45. The van der Waals surface area contributed by atoms with Gasteiger partial charge in [-0.15, -0.1) is 11.3 Å². The molecule has 3 aromatic heterocycles. The van der Waals surface area contributed by atoms with Crippen molar-refractivity contribution in [1.29, 1.82) is 0 Å². The van der Waals surface area contributed by atoms with Crippen LogP contribution in [-0.2, 0) is 20.1 Å². The Kier molecular flexibility index (Phi) is 5.62. The highest BCUT2D eigenvalue weighted by atomic mass is 32.1. The lowest BCUT2D eigenvalue weighted by atomic mass is 10.2. The smallest absolute Gasteiger partial charge is 0.332 e. The third kappa shape index (κ3) is 3.97. The molecule has 0 fully saturated rings. The molecule has 0 radical (unpaired) electrons. The second-order valence-electron chi connectivity index (χ2n) is 6.96. The molecule has 0 aliphatic carbocycles. The quantitative estimate of drug-likeness (QED) is 0.459. The first-order valence-electron chi connectivity index (χ1n) is 9.56. The third-order valence-corrected chi connectivity index (χ3v) is 6.07. The summed E-state index contributed by atoms with van der Waals surface area (Å²) in [5.74, 6) is -0.247. The SMILES string of the molecule is Cn1c(=O)n(Cc2ccccc2)c(=O)c2cc(C(=O)NCCCn3ccnc3)sc21. The fourth-order valence-corrected chi connectivity index (χ4v) is 4.29. The maximum atomic E-state index is 12.9. The zero-order chi connectivity index (χ0) is 21.1. The molecule has 0 bridgehead atoms. The number of imidazole rings is 1. The van der Waals surface area contributed by atoms with Crippen molar-refractivity contribution in [1.82, 2.24) is 24.0 Å². The van der Waals surface area contributed by atoms with E-state index in [9.17, 15) is 14.4 Å². The van der Waals surface area contributed by atoms with E-state index in [0.717, 1.165) is 29.9 Å². The van der Waals surface area contributed by atoms with Crippen molar-refractivity contribution in [2.75, 3.05) is 6.54 Å². The highest BCUT2D eigenvalue weighted by molar-refractivity contribution is 7.20. The Morgan fingerprint density at radius 1 is 1.20 bits per heavy atom. The molecule has 8 nitrogen and oxygen atoms in total. The van der Waals surface area contributed by atoms with Crippen LogP contribution in [0.1, 0.15) is 21.7 Å². The van der Waals surface area contributed by atoms with Crippen LogP contribution in [0.4, 0.5) is 0 Å². The van der Waals surface area contributed by atoms with Gasteiger partial charge in [-0.1, -0.05) is 30.3 Å². The number of hydrogen-bond donors (Lipinski definition) is 1. The Morgan fingerprint density at radius 3 is 2.73 bits per heavy atom. The van der Waals surface area contributed by atoms with Gasteiger partial charge < -0.3 is 9.88 Å². The zero-order valence-corrected chi connectivity index (χ0v) is 17.3. The Labute approximate surface area is 176 Å². The average molecular weight is 423 g/mol. The normalized spacial score (nSPS) is 11.1. The second-order valence-corrected chi connectivity index (χ2v) is 7.99. The number of amides is 1. The molecule has 0 aliphatic rings. The predicted molar refractivity (Wildman–Crippen MR) is 116 cm³/mol. The molecule has 9 heteroatoms. The van der Waals surface area contributed by atoms with E-state index < -0.39 is 5.69 Å². The summed E-state index contributed by atoms with van der Waals surface area (Å²) >= 11 is 1.15. The Morgan fingerprint density at radius 2 is 2.00 bits per heavy atom. The fourth-order valence-electron chi connectivity index (χ4n) is 3.27. The molecule has 30 heavy (non-hydrogen) atoms. The van der Waals surface area contributed by atoms with Gasteiger partial charge in [0.2, 0.25) is 0 Å². The highest BCUT2D eigenvalue weighted by Crippen LogP contribution is 2.21. The van der Waals surface area contributed by atoms with Crippen LogP contribution in [0.5, 0.6) is 0 Å². The first-order valence-corrected chi connectivity index (χ1v) is 10.4. The first kappa shape index (κ1) is 19.8. The first-order chi connectivity index (χ1) is 14.5. The van der Waals surface area contributed by atoms with Crippen LogP contribution in [0.25, 0.3) is 10.2 Å². The minimum Gasteiger partial charge on any atom is -0.351 e. The topological polar surface area (TPSA) is 90.9 Å². The van der Waals surface area contributed by atoms with Gasteiger partial charge in [0.15, 0.2) is 0 Å². The molecule has 0 saturated carbocycles. The van der Waals surface area contributed by atoms with Crippen LogP contribution < -0.4 is 16.6 Å². The summed E-state index contributed by atoms with van der Waals surface area (Å²) in [5.41, 5.74) is 0.0833. The Balaban J connectivity index is 1.55. The summed E-state index contributed by atoms with van der Waals surface area (Å²) in [7, 11) is 1.62. The molecule has 0 spiro atoms. The van der Waals surface area contributed by atoms with Crippen LogP contribution in [0.3, 0.4) is 0 Å². The number of aromatic nitrogens is 4. The van der Waals surface area contributed by atoms with E-state index in [1.54, 1.807) is 25.6 Å². The number of carbonyl (C=O) groups excluding carboxylic acids is 1. The molecule has 0 aliphatic heterocycles. The van der Waals surface area contributed by atoms with Crippen molar-refractivity contribution in [3.8, 4) is 0 Å². The summed E-state index contributed by atoms with van der Waals surface area (Å²) in [6.07, 6.45) is 6.07. The van der Waals surface area contributed by atoms with Gasteiger partial charge in [0.25, 0.3) is 11.5 Å². The predicted octanol–water partition coefficient (Wildman–Crippen LogP) is 1.83. The van der Waals surface area contributed by atoms with Crippen LogP contribution in [-0.4, -0.2) is 31.1 Å². The van der Waals surface area contributed by atoms with E-state index in [1.807, 2.05) is 41.1 Å². The van der Waals surface area contributed by atoms with Crippen LogP contribution in [0.2, 0.25) is 0 Å². The van der Waals surface area contributed by atoms with E-state index in [2.05, 4.69) is 10.3 Å². The molecule has 0 saturated heterocycles. The van der Waals surface area contributed by atoms with Crippen LogP contribution in [0, 0.1) is 0 Å². The molecule has 1 aromatic carbocycles. The molecular formula is C21H21N5O3S. The van der Waals surface area contributed by atoms with Crippen molar-refractivity contribution in [3.05, 3.63) is 86.4 Å². The molecule has 0 atom stereocenters. The van der Waals surface area contributed by atoms with Gasteiger partial charge in [0, 0.05) is 32.5 Å². The Bertz CT molecular complexity index is 1290. The average Bonchev–Trinajstić information content (AvgIpc) is 3.44. The molecule has 0 unspecified atom stereocenters. The number of nitrogens with one attached hydrogen (secondary N) is 1. The van der Waals surface area contributed by atoms with Crippen molar-refractivity contribution < 1.29 is 4.79 Å². The summed E-state index contributed by atoms with van der Waals surface area (Å²) < 4.78 is 4.58. The van der Waals surface area contributed by atoms with Crippen LogP contribution in [0.15, 0.2) is 64.7 Å². The van der Waals surface area contributed by atoms with Gasteiger partial charge >= 0.3 is 5.69 Å². The van der Waals surface area contributed by atoms with E-state index in [1.165, 1.54) is 9.13 Å². The van der Waals surface area contributed by atoms with Gasteiger partial charge in [-0.25, -0.2) is 9.78 Å². The minimum absolute atomic E-state index is 0.188. The van der Waals surface area contributed by atoms with Crippen molar-refractivity contribution in [3.63, 3.8) is 0 Å². The number of rotatable bonds is 7. The molecular weight excluding hydrogens is 402 g/mol. The van der Waals surface area contributed by atoms with Gasteiger partial charge in [-0.2, -0.15) is 0 Å². The zero-order valence-electron chi connectivity index (χ0n) is 16.4. The number of benzene rings is 1. The largest absolute Gasteiger partial charge is 0.351 e. The number of thiophene rings is 1. The number of aryl methyl sites for hydroxylation is 2. The van der Waals surface area contributed by atoms with Crippen molar-refractivity contribution >= 4 is 27.5 Å². The molecule has 3 heterocycles. The number of nitrogens with zero attached hydrogens (tertiary/aromatic N) is 4. The lowest BCUT2D eigenvalue weighted by Gasteiger charge is -2.08. The maximum Gasteiger partial charge on any atom is 0.332 e. The third-order valence-electron chi connectivity index (χ3n) is 4.86. The number of hydrogen-bond acceptors (Lipinski definition) is 5. The Hall–Kier alpha value is -3.46. The lowest BCUT2D eigenvalue weighted by molar-refractivity contribution is 0.0957. The van der Waals surface area contributed by atoms with E-state index in [4.69, 9.17) is 0 Å². The standard InChI is InChI=1S/C21H21N5O3S/c1-24-20-16(19(28)26(21(24)29)13-15-6-3-2-4-7-15)12-17(30-20)18(27)23-8-5-10-25-11-9-22-14-25/h2-4,6-7,9,11-12,14H,5,8,10,13H2,1H3,(H,23,27). The van der Waals surface area contributed by atoms with E-state index >= 15 is 0 Å². The molecule has 1 amide bonds. The van der Waals surface area contributed by atoms with Gasteiger partial charge in [-0.3, -0.25) is 18.7 Å². The van der Waals surface area contributed by atoms with E-state index in [0.29, 0.717) is 21.6 Å². The maximum absolute atomic E-state index is 12.9. The monoisotopic (exact) mass is 423 g/mol. The highest BCUT2D eigenvalue weighted by Gasteiger charge is 2.17. The number of carbonyl (C=O) groups is 1. The molecule has 1 N–H and O–H groups in total. The summed E-state index contributed by atoms with van der Waals surface area (Å²) in [5, 5.41) is 3.25. The summed E-state index contributed by atoms with van der Waals surface area (Å²) in [4.78, 5) is 43.1. The fraction of sp³-hybridized carbons (Fsp3) is 0.238. The van der Waals surface area contributed by atoms with Crippen LogP contribution >= 0.6 is 11.3 Å². The minimum atomic E-state index is -0.398. The van der Waals surface area contributed by atoms with Gasteiger partial charge in [0.05, 0.1) is 23.1 Å². The van der Waals surface area contributed by atoms with E-state index in [-0.39, 0.29) is 18.0 Å². The molecule has 4 rings (SSSR count). The number of fused-ring (bicyclic) bond motifs is 1. The molecule has 4 aromatic rings. The van der Waals surface area contributed by atoms with Gasteiger partial charge in [0.1, 0.15) is 4.83 Å². The summed E-state index contributed by atoms with van der Waals surface area (Å²) in [6, 6.07) is 10.9.